The van der Waals surface area contributed by atoms with Crippen molar-refractivity contribution in [2.75, 3.05) is 11.9 Å². The van der Waals surface area contributed by atoms with Crippen molar-refractivity contribution in [3.8, 4) is 5.69 Å². The van der Waals surface area contributed by atoms with Crippen molar-refractivity contribution < 1.29 is 4.79 Å². The first kappa shape index (κ1) is 14.3. The van der Waals surface area contributed by atoms with Gasteiger partial charge in [-0.3, -0.25) is 4.79 Å². The van der Waals surface area contributed by atoms with E-state index >= 15 is 0 Å². The normalized spacial score (nSPS) is 11.3. The van der Waals surface area contributed by atoms with Crippen molar-refractivity contribution in [1.82, 2.24) is 14.9 Å². The summed E-state index contributed by atoms with van der Waals surface area (Å²) >= 11 is 0. The summed E-state index contributed by atoms with van der Waals surface area (Å²) < 4.78 is 1.87. The number of imidazole rings is 1. The van der Waals surface area contributed by atoms with Crippen LogP contribution in [0.3, 0.4) is 0 Å². The van der Waals surface area contributed by atoms with Crippen LogP contribution >= 0.6 is 0 Å². The molecular weight excluding hydrogens is 252 g/mol. The third kappa shape index (κ3) is 3.93. The highest BCUT2D eigenvalue weighted by Gasteiger charge is 2.12. The maximum atomic E-state index is 12.0. The lowest BCUT2D eigenvalue weighted by atomic mass is 10.1. The first-order valence-corrected chi connectivity index (χ1v) is 6.58. The van der Waals surface area contributed by atoms with Crippen LogP contribution in [0.2, 0.25) is 0 Å². The zero-order chi connectivity index (χ0) is 14.6. The van der Waals surface area contributed by atoms with Crippen LogP contribution in [0.4, 0.5) is 5.69 Å². The minimum atomic E-state index is -0.0821. The van der Waals surface area contributed by atoms with Crippen molar-refractivity contribution in [2.24, 2.45) is 0 Å². The Bertz CT molecular complexity index is 570. The molecule has 0 spiro atoms. The Morgan fingerprint density at radius 1 is 1.30 bits per heavy atom. The Balaban J connectivity index is 2.08. The van der Waals surface area contributed by atoms with Gasteiger partial charge in [0.2, 0.25) is 5.91 Å². The summed E-state index contributed by atoms with van der Waals surface area (Å²) in [7, 11) is 0. The third-order valence-corrected chi connectivity index (χ3v) is 2.74. The van der Waals surface area contributed by atoms with Gasteiger partial charge in [0.15, 0.2) is 0 Å². The summed E-state index contributed by atoms with van der Waals surface area (Å²) in [6.07, 6.45) is 5.26. The number of nitrogens with one attached hydrogen (secondary N) is 2. The van der Waals surface area contributed by atoms with E-state index in [-0.39, 0.29) is 18.0 Å². The Morgan fingerprint density at radius 2 is 2.05 bits per heavy atom. The van der Waals surface area contributed by atoms with Gasteiger partial charge in [-0.05, 0) is 32.9 Å². The minimum Gasteiger partial charge on any atom is -0.323 e. The maximum absolute atomic E-state index is 12.0. The fourth-order valence-electron chi connectivity index (χ4n) is 1.75. The molecular formula is C15H20N4O. The van der Waals surface area contributed by atoms with Crippen molar-refractivity contribution >= 4 is 11.6 Å². The number of para-hydroxylation sites is 2. The Kier molecular flexibility index (Phi) is 4.20. The summed E-state index contributed by atoms with van der Waals surface area (Å²) in [6.45, 7) is 6.36. The number of carbonyl (C=O) groups is 1. The van der Waals surface area contributed by atoms with Gasteiger partial charge in [0.25, 0.3) is 0 Å². The van der Waals surface area contributed by atoms with E-state index < -0.39 is 0 Å². The molecule has 1 amide bonds. The number of hydrogen-bond acceptors (Lipinski definition) is 3. The lowest BCUT2D eigenvalue weighted by Crippen LogP contribution is -2.41. The molecule has 2 N–H and O–H groups in total. The number of aromatic nitrogens is 2. The van der Waals surface area contributed by atoms with Crippen LogP contribution in [0.25, 0.3) is 5.69 Å². The van der Waals surface area contributed by atoms with Crippen molar-refractivity contribution in [3.05, 3.63) is 43.0 Å². The number of rotatable bonds is 4. The minimum absolute atomic E-state index is 0.0625. The first-order valence-electron chi connectivity index (χ1n) is 6.58. The van der Waals surface area contributed by atoms with Gasteiger partial charge in [-0.25, -0.2) is 4.98 Å². The monoisotopic (exact) mass is 272 g/mol. The molecule has 5 nitrogen and oxygen atoms in total. The van der Waals surface area contributed by atoms with Crippen LogP contribution in [-0.2, 0) is 4.79 Å². The lowest BCUT2D eigenvalue weighted by Gasteiger charge is -2.20. The molecule has 0 bridgehead atoms. The highest BCUT2D eigenvalue weighted by Crippen LogP contribution is 2.19. The number of amides is 1. The van der Waals surface area contributed by atoms with E-state index in [0.29, 0.717) is 0 Å². The van der Waals surface area contributed by atoms with E-state index in [1.54, 1.807) is 12.5 Å². The van der Waals surface area contributed by atoms with Gasteiger partial charge in [0.05, 0.1) is 24.2 Å². The van der Waals surface area contributed by atoms with E-state index in [9.17, 15) is 4.79 Å². The Hall–Kier alpha value is -2.14. The summed E-state index contributed by atoms with van der Waals surface area (Å²) in [5, 5.41) is 6.09. The predicted octanol–water partition coefficient (Wildman–Crippen LogP) is 2.20. The van der Waals surface area contributed by atoms with Crippen molar-refractivity contribution in [2.45, 2.75) is 26.3 Å². The van der Waals surface area contributed by atoms with Gasteiger partial charge in [0, 0.05) is 17.9 Å². The SMILES string of the molecule is CC(C)(C)NCC(=O)Nc1ccccc1-n1ccnc1. The van der Waals surface area contributed by atoms with Crippen LogP contribution < -0.4 is 10.6 Å². The molecule has 1 heterocycles. The van der Waals surface area contributed by atoms with Crippen LogP contribution in [-0.4, -0.2) is 27.5 Å². The molecule has 0 radical (unpaired) electrons. The summed E-state index contributed by atoms with van der Waals surface area (Å²) in [4.78, 5) is 16.0. The van der Waals surface area contributed by atoms with Gasteiger partial charge in [0.1, 0.15) is 0 Å². The predicted molar refractivity (Wildman–Crippen MR) is 79.9 cm³/mol. The fourth-order valence-corrected chi connectivity index (χ4v) is 1.75. The smallest absolute Gasteiger partial charge is 0.238 e. The van der Waals surface area contributed by atoms with E-state index in [4.69, 9.17) is 0 Å². The Morgan fingerprint density at radius 3 is 2.70 bits per heavy atom. The molecule has 0 saturated heterocycles. The maximum Gasteiger partial charge on any atom is 0.238 e. The lowest BCUT2D eigenvalue weighted by molar-refractivity contribution is -0.115. The average Bonchev–Trinajstić information content (AvgIpc) is 2.90. The van der Waals surface area contributed by atoms with E-state index in [0.717, 1.165) is 11.4 Å². The van der Waals surface area contributed by atoms with E-state index in [1.165, 1.54) is 0 Å². The zero-order valence-corrected chi connectivity index (χ0v) is 12.1. The average molecular weight is 272 g/mol. The molecule has 0 aliphatic rings. The summed E-state index contributed by atoms with van der Waals surface area (Å²) in [6, 6.07) is 7.64. The van der Waals surface area contributed by atoms with Crippen LogP contribution in [0, 0.1) is 0 Å². The number of benzene rings is 1. The van der Waals surface area contributed by atoms with Gasteiger partial charge in [-0.2, -0.15) is 0 Å². The molecule has 106 valence electrons. The molecule has 5 heteroatoms. The second-order valence-corrected chi connectivity index (χ2v) is 5.64. The molecule has 0 saturated carbocycles. The second kappa shape index (κ2) is 5.88. The van der Waals surface area contributed by atoms with Crippen LogP contribution in [0.5, 0.6) is 0 Å². The van der Waals surface area contributed by atoms with Crippen LogP contribution in [0.1, 0.15) is 20.8 Å². The Labute approximate surface area is 119 Å². The molecule has 0 fully saturated rings. The van der Waals surface area contributed by atoms with Gasteiger partial charge < -0.3 is 15.2 Å². The number of nitrogens with zero attached hydrogens (tertiary/aromatic N) is 2. The number of hydrogen-bond donors (Lipinski definition) is 2. The topological polar surface area (TPSA) is 59.0 Å². The highest BCUT2D eigenvalue weighted by molar-refractivity contribution is 5.94. The highest BCUT2D eigenvalue weighted by atomic mass is 16.1. The molecule has 1 aromatic carbocycles. The molecule has 2 rings (SSSR count). The van der Waals surface area contributed by atoms with E-state index in [1.807, 2.05) is 55.8 Å². The molecule has 1 aromatic heterocycles. The van der Waals surface area contributed by atoms with E-state index in [2.05, 4.69) is 15.6 Å². The zero-order valence-electron chi connectivity index (χ0n) is 12.1. The first-order chi connectivity index (χ1) is 9.46. The summed E-state index contributed by atoms with van der Waals surface area (Å²) in [5.41, 5.74) is 1.58. The van der Waals surface area contributed by atoms with Crippen LogP contribution in [0.15, 0.2) is 43.0 Å². The van der Waals surface area contributed by atoms with Gasteiger partial charge >= 0.3 is 0 Å². The fraction of sp³-hybridized carbons (Fsp3) is 0.333. The molecule has 20 heavy (non-hydrogen) atoms. The third-order valence-electron chi connectivity index (χ3n) is 2.74. The molecule has 2 aromatic rings. The molecule has 0 atom stereocenters. The van der Waals surface area contributed by atoms with Crippen molar-refractivity contribution in [1.29, 1.82) is 0 Å². The van der Waals surface area contributed by atoms with Crippen molar-refractivity contribution in [3.63, 3.8) is 0 Å². The quantitative estimate of drug-likeness (QED) is 0.897. The van der Waals surface area contributed by atoms with Gasteiger partial charge in [-0.1, -0.05) is 12.1 Å². The van der Waals surface area contributed by atoms with Gasteiger partial charge in [-0.15, -0.1) is 0 Å². The number of carbonyl (C=O) groups excluding carboxylic acids is 1. The molecule has 0 unspecified atom stereocenters. The largest absolute Gasteiger partial charge is 0.323 e. The number of anilines is 1. The summed E-state index contributed by atoms with van der Waals surface area (Å²) in [5.74, 6) is -0.0625. The molecule has 0 aliphatic heterocycles. The second-order valence-electron chi connectivity index (χ2n) is 5.64. The molecule has 0 aliphatic carbocycles. The standard InChI is InChI=1S/C15H20N4O/c1-15(2,3)17-10-14(20)18-12-6-4-5-7-13(12)19-9-8-16-11-19/h4-9,11,17H,10H2,1-3H3,(H,18,20).